The number of nitrogens with one attached hydrogen (secondary N) is 2. The monoisotopic (exact) mass is 390 g/mol. The molecule has 0 spiro atoms. The van der Waals surface area contributed by atoms with Crippen molar-refractivity contribution in [3.8, 4) is 17.2 Å². The highest BCUT2D eigenvalue weighted by Crippen LogP contribution is 2.26. The molecule has 2 atom stereocenters. The first-order chi connectivity index (χ1) is 13.1. The molecule has 2 aromatic carbocycles. The Morgan fingerprint density at radius 2 is 1.68 bits per heavy atom. The summed E-state index contributed by atoms with van der Waals surface area (Å²) in [6, 6.07) is 8.26. The van der Waals surface area contributed by atoms with E-state index in [1.54, 1.807) is 0 Å². The summed E-state index contributed by atoms with van der Waals surface area (Å²) in [5.41, 5.74) is -0.976. The lowest BCUT2D eigenvalue weighted by Gasteiger charge is -2.28. The maximum atomic E-state index is 12.7. The Bertz CT molecular complexity index is 850. The summed E-state index contributed by atoms with van der Waals surface area (Å²) in [4.78, 5) is 24.3. The van der Waals surface area contributed by atoms with E-state index in [0.717, 1.165) is 0 Å². The SMILES string of the molecule is C[C@@](O)(Cc1ccc(O)c(O)c1)NC(=O)[C@H](NC(=O)CO)c1ccc(O)cc1. The van der Waals surface area contributed by atoms with Crippen LogP contribution < -0.4 is 10.6 Å². The number of aliphatic hydroxyl groups excluding tert-OH is 1. The average Bonchev–Trinajstić information content (AvgIpc) is 2.62. The van der Waals surface area contributed by atoms with E-state index in [4.69, 9.17) is 5.11 Å². The summed E-state index contributed by atoms with van der Waals surface area (Å²) in [6.07, 6.45) is -0.0944. The number of benzene rings is 2. The van der Waals surface area contributed by atoms with Gasteiger partial charge >= 0.3 is 0 Å². The molecule has 0 heterocycles. The Kier molecular flexibility index (Phi) is 6.45. The summed E-state index contributed by atoms with van der Waals surface area (Å²) < 4.78 is 0. The lowest BCUT2D eigenvalue weighted by Crippen LogP contribution is -2.52. The molecule has 0 aliphatic rings. The minimum absolute atomic E-state index is 0.0319. The van der Waals surface area contributed by atoms with Crippen LogP contribution in [0.3, 0.4) is 0 Å². The molecule has 0 unspecified atom stereocenters. The molecule has 2 amide bonds. The number of hydrogen-bond donors (Lipinski definition) is 7. The first kappa shape index (κ1) is 21.0. The standard InChI is InChI=1S/C19H22N2O7/c1-19(28,9-11-2-7-14(24)15(25)8-11)21-18(27)17(20-16(26)10-22)12-3-5-13(23)6-4-12/h2-8,17,22-25,28H,9-10H2,1H3,(H,20,26)(H,21,27)/t17-,19-/m1/s1. The molecule has 2 rings (SSSR count). The van der Waals surface area contributed by atoms with Gasteiger partial charge in [-0.1, -0.05) is 18.2 Å². The zero-order valence-corrected chi connectivity index (χ0v) is 15.1. The molecule has 7 N–H and O–H groups in total. The van der Waals surface area contributed by atoms with Crippen LogP contribution in [0.25, 0.3) is 0 Å². The maximum absolute atomic E-state index is 12.7. The number of hydrogen-bond acceptors (Lipinski definition) is 7. The van der Waals surface area contributed by atoms with Gasteiger partial charge in [0, 0.05) is 6.42 Å². The predicted molar refractivity (Wildman–Crippen MR) is 98.3 cm³/mol. The highest BCUT2D eigenvalue weighted by Gasteiger charge is 2.30. The number of carbonyl (C=O) groups is 2. The molecule has 0 radical (unpaired) electrons. The van der Waals surface area contributed by atoms with Crippen molar-refractivity contribution in [3.05, 3.63) is 53.6 Å². The van der Waals surface area contributed by atoms with Crippen molar-refractivity contribution >= 4 is 11.8 Å². The van der Waals surface area contributed by atoms with Crippen LogP contribution in [0.15, 0.2) is 42.5 Å². The summed E-state index contributed by atoms with van der Waals surface area (Å²) in [5, 5.41) is 52.5. The number of phenolic OH excluding ortho intramolecular Hbond substituents is 3. The predicted octanol–water partition coefficient (Wildman–Crippen LogP) is 0.0204. The van der Waals surface area contributed by atoms with E-state index in [1.807, 2.05) is 0 Å². The van der Waals surface area contributed by atoms with E-state index in [0.29, 0.717) is 11.1 Å². The van der Waals surface area contributed by atoms with Crippen LogP contribution in [0.5, 0.6) is 17.2 Å². The Morgan fingerprint density at radius 3 is 2.25 bits per heavy atom. The van der Waals surface area contributed by atoms with E-state index < -0.39 is 30.2 Å². The minimum atomic E-state index is -1.75. The lowest BCUT2D eigenvalue weighted by molar-refractivity contribution is -0.134. The average molecular weight is 390 g/mol. The van der Waals surface area contributed by atoms with Gasteiger partial charge in [0.2, 0.25) is 11.8 Å². The van der Waals surface area contributed by atoms with Gasteiger partial charge in [-0.15, -0.1) is 0 Å². The Morgan fingerprint density at radius 1 is 1.04 bits per heavy atom. The molecule has 9 heteroatoms. The van der Waals surface area contributed by atoms with E-state index in [9.17, 15) is 30.0 Å². The molecule has 150 valence electrons. The van der Waals surface area contributed by atoms with Crippen LogP contribution in [0.1, 0.15) is 24.1 Å². The van der Waals surface area contributed by atoms with E-state index in [-0.39, 0.29) is 23.7 Å². The minimum Gasteiger partial charge on any atom is -0.508 e. The molecule has 0 bridgehead atoms. The Hall–Kier alpha value is -3.30. The molecular weight excluding hydrogens is 368 g/mol. The molecule has 0 aliphatic carbocycles. The normalized spacial score (nSPS) is 14.0. The number of rotatable bonds is 7. The summed E-state index contributed by atoms with van der Waals surface area (Å²) >= 11 is 0. The highest BCUT2D eigenvalue weighted by atomic mass is 16.3. The van der Waals surface area contributed by atoms with Crippen LogP contribution >= 0.6 is 0 Å². The molecule has 9 nitrogen and oxygen atoms in total. The Balaban J connectivity index is 2.18. The molecule has 0 aliphatic heterocycles. The molecule has 28 heavy (non-hydrogen) atoms. The van der Waals surface area contributed by atoms with Gasteiger partial charge in [-0.25, -0.2) is 0 Å². The van der Waals surface area contributed by atoms with Gasteiger partial charge in [0.1, 0.15) is 24.1 Å². The molecule has 0 saturated carbocycles. The van der Waals surface area contributed by atoms with Crippen LogP contribution in [0, 0.1) is 0 Å². The summed E-state index contributed by atoms with van der Waals surface area (Å²) in [5.74, 6) is -2.25. The van der Waals surface area contributed by atoms with Gasteiger partial charge in [0.05, 0.1) is 0 Å². The van der Waals surface area contributed by atoms with Crippen LogP contribution in [0.2, 0.25) is 0 Å². The maximum Gasteiger partial charge on any atom is 0.249 e. The quantitative estimate of drug-likeness (QED) is 0.259. The number of amides is 2. The smallest absolute Gasteiger partial charge is 0.249 e. The van der Waals surface area contributed by atoms with Crippen molar-refractivity contribution in [2.45, 2.75) is 25.1 Å². The number of carbonyl (C=O) groups excluding carboxylic acids is 2. The van der Waals surface area contributed by atoms with Crippen LogP contribution in [-0.4, -0.2) is 49.7 Å². The zero-order valence-electron chi connectivity index (χ0n) is 15.1. The van der Waals surface area contributed by atoms with Crippen LogP contribution in [-0.2, 0) is 16.0 Å². The number of aliphatic hydroxyl groups is 2. The molecule has 0 saturated heterocycles. The molecule has 0 fully saturated rings. The van der Waals surface area contributed by atoms with Crippen molar-refractivity contribution in [3.63, 3.8) is 0 Å². The lowest BCUT2D eigenvalue weighted by atomic mass is 10.0. The molecule has 2 aromatic rings. The van der Waals surface area contributed by atoms with Gasteiger partial charge < -0.3 is 36.2 Å². The fourth-order valence-electron chi connectivity index (χ4n) is 2.63. The van der Waals surface area contributed by atoms with E-state index >= 15 is 0 Å². The van der Waals surface area contributed by atoms with E-state index in [1.165, 1.54) is 49.4 Å². The topological polar surface area (TPSA) is 159 Å². The third-order valence-electron chi connectivity index (χ3n) is 3.92. The van der Waals surface area contributed by atoms with Gasteiger partial charge in [0.25, 0.3) is 0 Å². The fraction of sp³-hybridized carbons (Fsp3) is 0.263. The third-order valence-corrected chi connectivity index (χ3v) is 3.92. The van der Waals surface area contributed by atoms with Crippen molar-refractivity contribution in [2.75, 3.05) is 6.61 Å². The largest absolute Gasteiger partial charge is 0.508 e. The van der Waals surface area contributed by atoms with Crippen molar-refractivity contribution in [1.82, 2.24) is 10.6 Å². The van der Waals surface area contributed by atoms with Crippen molar-refractivity contribution < 1.29 is 35.1 Å². The summed E-state index contributed by atoms with van der Waals surface area (Å²) in [7, 11) is 0. The summed E-state index contributed by atoms with van der Waals surface area (Å²) in [6.45, 7) is 0.502. The second-order valence-corrected chi connectivity index (χ2v) is 6.51. The molecule has 0 aromatic heterocycles. The van der Waals surface area contributed by atoms with E-state index in [2.05, 4.69) is 10.6 Å². The fourth-order valence-corrected chi connectivity index (χ4v) is 2.63. The van der Waals surface area contributed by atoms with Gasteiger partial charge in [-0.2, -0.15) is 0 Å². The molecular formula is C19H22N2O7. The van der Waals surface area contributed by atoms with Crippen molar-refractivity contribution in [2.24, 2.45) is 0 Å². The zero-order chi connectivity index (χ0) is 20.9. The second-order valence-electron chi connectivity index (χ2n) is 6.51. The first-order valence-corrected chi connectivity index (χ1v) is 8.35. The van der Waals surface area contributed by atoms with Crippen LogP contribution in [0.4, 0.5) is 0 Å². The highest BCUT2D eigenvalue weighted by molar-refractivity contribution is 5.89. The first-order valence-electron chi connectivity index (χ1n) is 8.35. The van der Waals surface area contributed by atoms with Crippen molar-refractivity contribution in [1.29, 1.82) is 0 Å². The van der Waals surface area contributed by atoms with Gasteiger partial charge in [0.15, 0.2) is 11.5 Å². The second kappa shape index (κ2) is 8.59. The van der Waals surface area contributed by atoms with Gasteiger partial charge in [-0.3, -0.25) is 9.59 Å². The Labute approximate surface area is 160 Å². The number of aromatic hydroxyl groups is 3. The number of phenols is 3. The van der Waals surface area contributed by atoms with Gasteiger partial charge in [-0.05, 0) is 42.3 Å². The third kappa shape index (κ3) is 5.60.